The first kappa shape index (κ1) is 14.3. The topological polar surface area (TPSA) is 71.3 Å². The minimum Gasteiger partial charge on any atom is -0.367 e. The molecule has 1 N–H and O–H groups in total. The van der Waals surface area contributed by atoms with Crippen molar-refractivity contribution in [3.63, 3.8) is 0 Å². The monoisotopic (exact) mass is 298 g/mol. The zero-order valence-corrected chi connectivity index (χ0v) is 12.4. The molecule has 1 aliphatic heterocycles. The first-order valence-corrected chi connectivity index (χ1v) is 7.34. The van der Waals surface area contributed by atoms with Crippen LogP contribution in [0.1, 0.15) is 12.5 Å². The van der Waals surface area contributed by atoms with Crippen molar-refractivity contribution in [2.45, 2.75) is 19.4 Å². The number of nitro groups is 1. The van der Waals surface area contributed by atoms with E-state index in [0.717, 1.165) is 13.0 Å². The summed E-state index contributed by atoms with van der Waals surface area (Å²) < 4.78 is 0. The number of hydrogen-bond acceptors (Lipinski definition) is 5. The zero-order chi connectivity index (χ0) is 15.5. The Hall–Kier alpha value is -2.63. The van der Waals surface area contributed by atoms with E-state index >= 15 is 0 Å². The molecule has 0 saturated carbocycles. The Morgan fingerprint density at radius 2 is 2.18 bits per heavy atom. The van der Waals surface area contributed by atoms with Crippen molar-refractivity contribution in [3.05, 3.63) is 58.3 Å². The number of anilines is 2. The second-order valence-corrected chi connectivity index (χ2v) is 5.43. The highest BCUT2D eigenvalue weighted by Gasteiger charge is 2.25. The molecule has 0 saturated heterocycles. The van der Waals surface area contributed by atoms with Crippen LogP contribution >= 0.6 is 0 Å². The fourth-order valence-corrected chi connectivity index (χ4v) is 2.95. The van der Waals surface area contributed by atoms with Crippen LogP contribution in [0.2, 0.25) is 0 Å². The van der Waals surface area contributed by atoms with Crippen molar-refractivity contribution in [1.82, 2.24) is 4.98 Å². The van der Waals surface area contributed by atoms with Crippen molar-refractivity contribution in [2.75, 3.05) is 23.3 Å². The number of benzene rings is 1. The molecule has 1 unspecified atom stereocenters. The highest BCUT2D eigenvalue weighted by atomic mass is 16.6. The van der Waals surface area contributed by atoms with Crippen LogP contribution in [0.3, 0.4) is 0 Å². The maximum absolute atomic E-state index is 11.0. The number of pyridine rings is 1. The van der Waals surface area contributed by atoms with E-state index in [0.29, 0.717) is 18.4 Å². The molecule has 2 aromatic rings. The van der Waals surface area contributed by atoms with Gasteiger partial charge in [0, 0.05) is 37.1 Å². The standard InChI is InChI=1S/C16H18N4O2/c1-12-11-13-5-2-3-6-14(13)19(12)10-9-18-16-15(20(21)22)7-4-8-17-16/h2-8,12H,9-11H2,1H3,(H,17,18). The van der Waals surface area contributed by atoms with Crippen LogP contribution < -0.4 is 10.2 Å². The van der Waals surface area contributed by atoms with Gasteiger partial charge in [0.25, 0.3) is 0 Å². The van der Waals surface area contributed by atoms with Crippen LogP contribution in [-0.2, 0) is 6.42 Å². The largest absolute Gasteiger partial charge is 0.367 e. The van der Waals surface area contributed by atoms with Gasteiger partial charge in [0.2, 0.25) is 5.82 Å². The molecule has 114 valence electrons. The fraction of sp³-hybridized carbons (Fsp3) is 0.312. The third-order valence-corrected chi connectivity index (χ3v) is 3.98. The van der Waals surface area contributed by atoms with E-state index in [1.165, 1.54) is 17.3 Å². The summed E-state index contributed by atoms with van der Waals surface area (Å²) in [6.45, 7) is 3.59. The summed E-state index contributed by atoms with van der Waals surface area (Å²) >= 11 is 0. The number of rotatable bonds is 5. The van der Waals surface area contributed by atoms with E-state index < -0.39 is 4.92 Å². The minimum absolute atomic E-state index is 0.0115. The van der Waals surface area contributed by atoms with E-state index in [1.807, 2.05) is 6.07 Å². The maximum atomic E-state index is 11.0. The third-order valence-electron chi connectivity index (χ3n) is 3.98. The van der Waals surface area contributed by atoms with Gasteiger partial charge in [-0.3, -0.25) is 10.1 Å². The quantitative estimate of drug-likeness (QED) is 0.679. The summed E-state index contributed by atoms with van der Waals surface area (Å²) in [5.41, 5.74) is 2.63. The first-order valence-electron chi connectivity index (χ1n) is 7.34. The molecule has 2 heterocycles. The lowest BCUT2D eigenvalue weighted by atomic mass is 10.1. The predicted molar refractivity (Wildman–Crippen MR) is 86.3 cm³/mol. The van der Waals surface area contributed by atoms with Crippen LogP contribution in [-0.4, -0.2) is 29.0 Å². The molecule has 22 heavy (non-hydrogen) atoms. The highest BCUT2D eigenvalue weighted by molar-refractivity contribution is 5.60. The van der Waals surface area contributed by atoms with E-state index in [9.17, 15) is 10.1 Å². The summed E-state index contributed by atoms with van der Waals surface area (Å²) in [6.07, 6.45) is 2.60. The zero-order valence-electron chi connectivity index (χ0n) is 12.4. The molecule has 1 aromatic carbocycles. The summed E-state index contributed by atoms with van der Waals surface area (Å²) in [7, 11) is 0. The number of nitrogens with zero attached hydrogens (tertiary/aromatic N) is 3. The molecular weight excluding hydrogens is 280 g/mol. The number of nitrogens with one attached hydrogen (secondary N) is 1. The maximum Gasteiger partial charge on any atom is 0.311 e. The van der Waals surface area contributed by atoms with Crippen molar-refractivity contribution < 1.29 is 4.92 Å². The van der Waals surface area contributed by atoms with E-state index in [1.54, 1.807) is 12.3 Å². The Kier molecular flexibility index (Phi) is 3.91. The lowest BCUT2D eigenvalue weighted by Crippen LogP contribution is -2.33. The first-order chi connectivity index (χ1) is 10.7. The second kappa shape index (κ2) is 6.01. The van der Waals surface area contributed by atoms with Crippen molar-refractivity contribution in [1.29, 1.82) is 0 Å². The summed E-state index contributed by atoms with van der Waals surface area (Å²) in [5, 5.41) is 14.1. The molecule has 0 bridgehead atoms. The lowest BCUT2D eigenvalue weighted by molar-refractivity contribution is -0.384. The number of hydrogen-bond donors (Lipinski definition) is 1. The predicted octanol–water partition coefficient (Wildman–Crippen LogP) is 2.85. The molecule has 6 heteroatoms. The second-order valence-electron chi connectivity index (χ2n) is 5.43. The minimum atomic E-state index is -0.414. The van der Waals surface area contributed by atoms with Crippen LogP contribution in [0.15, 0.2) is 42.6 Å². The van der Waals surface area contributed by atoms with E-state index in [4.69, 9.17) is 0 Å². The normalized spacial score (nSPS) is 16.4. The molecule has 1 atom stereocenters. The molecular formula is C16H18N4O2. The Balaban J connectivity index is 1.66. The molecule has 1 aliphatic rings. The molecule has 1 aromatic heterocycles. The lowest BCUT2D eigenvalue weighted by Gasteiger charge is -2.25. The van der Waals surface area contributed by atoms with Gasteiger partial charge in [-0.15, -0.1) is 0 Å². The molecule has 0 aliphatic carbocycles. The number of aromatic nitrogens is 1. The Bertz CT molecular complexity index is 689. The molecule has 0 spiro atoms. The summed E-state index contributed by atoms with van der Waals surface area (Å²) in [5.74, 6) is 0.327. The van der Waals surface area contributed by atoms with Gasteiger partial charge in [-0.05, 0) is 31.0 Å². The summed E-state index contributed by atoms with van der Waals surface area (Å²) in [6, 6.07) is 11.9. The Morgan fingerprint density at radius 1 is 1.36 bits per heavy atom. The van der Waals surface area contributed by atoms with Gasteiger partial charge < -0.3 is 10.2 Å². The van der Waals surface area contributed by atoms with Crippen molar-refractivity contribution in [2.24, 2.45) is 0 Å². The summed E-state index contributed by atoms with van der Waals surface area (Å²) in [4.78, 5) is 16.9. The van der Waals surface area contributed by atoms with Gasteiger partial charge in [0.05, 0.1) is 4.92 Å². The van der Waals surface area contributed by atoms with Gasteiger partial charge in [0.15, 0.2) is 0 Å². The van der Waals surface area contributed by atoms with Crippen LogP contribution in [0, 0.1) is 10.1 Å². The third kappa shape index (κ3) is 2.72. The van der Waals surface area contributed by atoms with Gasteiger partial charge in [-0.1, -0.05) is 18.2 Å². The number of para-hydroxylation sites is 1. The van der Waals surface area contributed by atoms with Crippen LogP contribution in [0.4, 0.5) is 17.2 Å². The van der Waals surface area contributed by atoms with Gasteiger partial charge in [-0.25, -0.2) is 4.98 Å². The van der Waals surface area contributed by atoms with Crippen LogP contribution in [0.25, 0.3) is 0 Å². The molecule has 6 nitrogen and oxygen atoms in total. The van der Waals surface area contributed by atoms with Crippen LogP contribution in [0.5, 0.6) is 0 Å². The van der Waals surface area contributed by atoms with E-state index in [-0.39, 0.29) is 5.69 Å². The van der Waals surface area contributed by atoms with Gasteiger partial charge in [-0.2, -0.15) is 0 Å². The molecule has 0 amide bonds. The highest BCUT2D eigenvalue weighted by Crippen LogP contribution is 2.31. The molecule has 3 rings (SSSR count). The number of fused-ring (bicyclic) bond motifs is 1. The molecule has 0 radical (unpaired) electrons. The van der Waals surface area contributed by atoms with Gasteiger partial charge >= 0.3 is 5.69 Å². The Morgan fingerprint density at radius 3 is 3.00 bits per heavy atom. The van der Waals surface area contributed by atoms with Crippen molar-refractivity contribution in [3.8, 4) is 0 Å². The average molecular weight is 298 g/mol. The fourth-order valence-electron chi connectivity index (χ4n) is 2.95. The molecule has 0 fully saturated rings. The Labute approximate surface area is 128 Å². The van der Waals surface area contributed by atoms with E-state index in [2.05, 4.69) is 40.3 Å². The smallest absolute Gasteiger partial charge is 0.311 e. The van der Waals surface area contributed by atoms with Crippen molar-refractivity contribution >= 4 is 17.2 Å². The SMILES string of the molecule is CC1Cc2ccccc2N1CCNc1ncccc1[N+](=O)[O-]. The van der Waals surface area contributed by atoms with Gasteiger partial charge in [0.1, 0.15) is 0 Å². The average Bonchev–Trinajstić information content (AvgIpc) is 2.83.